The van der Waals surface area contributed by atoms with E-state index >= 15 is 0 Å². The number of esters is 1. The molecular formula is C21H25NO5S. The third-order valence-corrected chi connectivity index (χ3v) is 6.79. The lowest BCUT2D eigenvalue weighted by Crippen LogP contribution is -2.40. The summed E-state index contributed by atoms with van der Waals surface area (Å²) >= 11 is 0. The minimum absolute atomic E-state index is 0.0960. The smallest absolute Gasteiger partial charge is 0.338 e. The minimum atomic E-state index is -3.67. The maximum absolute atomic E-state index is 12.9. The normalized spacial score (nSPS) is 15.4. The predicted octanol–water partition coefficient (Wildman–Crippen LogP) is 2.99. The van der Waals surface area contributed by atoms with Crippen molar-refractivity contribution in [1.29, 1.82) is 0 Å². The molecule has 2 aromatic carbocycles. The second-order valence-corrected chi connectivity index (χ2v) is 8.94. The van der Waals surface area contributed by atoms with Crippen LogP contribution in [0.1, 0.15) is 32.6 Å². The zero-order chi connectivity index (χ0) is 20.3. The Balaban J connectivity index is 1.80. The highest BCUT2D eigenvalue weighted by atomic mass is 32.2. The largest absolute Gasteiger partial charge is 0.457 e. The van der Waals surface area contributed by atoms with Crippen molar-refractivity contribution in [2.45, 2.75) is 32.3 Å². The van der Waals surface area contributed by atoms with Crippen LogP contribution < -0.4 is 0 Å². The Morgan fingerprint density at radius 2 is 1.71 bits per heavy atom. The van der Waals surface area contributed by atoms with Crippen LogP contribution in [-0.2, 0) is 26.1 Å². The van der Waals surface area contributed by atoms with Crippen molar-refractivity contribution >= 4 is 16.0 Å². The van der Waals surface area contributed by atoms with Crippen molar-refractivity contribution in [3.8, 4) is 0 Å². The zero-order valence-electron chi connectivity index (χ0n) is 16.4. The molecule has 0 bridgehead atoms. The van der Waals surface area contributed by atoms with Gasteiger partial charge in [0.1, 0.15) is 6.61 Å². The number of sulfonamides is 1. The number of aryl methyl sites for hydroxylation is 3. The van der Waals surface area contributed by atoms with Crippen LogP contribution in [0, 0.1) is 20.8 Å². The molecule has 28 heavy (non-hydrogen) atoms. The molecule has 0 atom stereocenters. The molecule has 0 N–H and O–H groups in total. The number of hydrogen-bond acceptors (Lipinski definition) is 5. The van der Waals surface area contributed by atoms with Crippen LogP contribution in [0.3, 0.4) is 0 Å². The van der Waals surface area contributed by atoms with Gasteiger partial charge in [-0.2, -0.15) is 4.31 Å². The van der Waals surface area contributed by atoms with Crippen molar-refractivity contribution in [2.75, 3.05) is 26.3 Å². The molecule has 0 spiro atoms. The quantitative estimate of drug-likeness (QED) is 0.718. The fourth-order valence-corrected chi connectivity index (χ4v) is 4.53. The van der Waals surface area contributed by atoms with E-state index < -0.39 is 16.0 Å². The number of rotatable bonds is 5. The molecule has 6 nitrogen and oxygen atoms in total. The Kier molecular flexibility index (Phi) is 6.17. The van der Waals surface area contributed by atoms with Gasteiger partial charge in [0.25, 0.3) is 0 Å². The van der Waals surface area contributed by atoms with Crippen LogP contribution >= 0.6 is 0 Å². The van der Waals surface area contributed by atoms with E-state index in [9.17, 15) is 13.2 Å². The van der Waals surface area contributed by atoms with Crippen LogP contribution in [0.15, 0.2) is 41.3 Å². The van der Waals surface area contributed by atoms with Crippen LogP contribution in [0.5, 0.6) is 0 Å². The van der Waals surface area contributed by atoms with Gasteiger partial charge in [-0.1, -0.05) is 29.8 Å². The summed E-state index contributed by atoms with van der Waals surface area (Å²) in [5.74, 6) is -0.530. The summed E-state index contributed by atoms with van der Waals surface area (Å²) in [6.07, 6.45) is 0. The Bertz CT molecular complexity index is 978. The Labute approximate surface area is 166 Å². The maximum atomic E-state index is 12.9. The first kappa shape index (κ1) is 20.5. The van der Waals surface area contributed by atoms with Gasteiger partial charge >= 0.3 is 5.97 Å². The molecule has 3 rings (SSSR count). The average Bonchev–Trinajstić information content (AvgIpc) is 2.69. The van der Waals surface area contributed by atoms with E-state index in [1.54, 1.807) is 13.0 Å². The summed E-state index contributed by atoms with van der Waals surface area (Å²) in [6, 6.07) is 10.5. The van der Waals surface area contributed by atoms with E-state index in [-0.39, 0.29) is 17.1 Å². The van der Waals surface area contributed by atoms with Crippen LogP contribution in [0.25, 0.3) is 0 Å². The molecule has 7 heteroatoms. The lowest BCUT2D eigenvalue weighted by atomic mass is 10.1. The standard InChI is InChI=1S/C21H25NO5S/c1-15-4-5-16(2)18(12-15)14-27-21(23)20-13-19(7-6-17(20)3)28(24,25)22-8-10-26-11-9-22/h4-7,12-13H,8-11,14H2,1-3H3. The first-order chi connectivity index (χ1) is 13.3. The van der Waals surface area contributed by atoms with E-state index in [4.69, 9.17) is 9.47 Å². The Morgan fingerprint density at radius 3 is 2.43 bits per heavy atom. The highest BCUT2D eigenvalue weighted by molar-refractivity contribution is 7.89. The second kappa shape index (κ2) is 8.43. The lowest BCUT2D eigenvalue weighted by molar-refractivity contribution is 0.0471. The molecule has 1 saturated heterocycles. The van der Waals surface area contributed by atoms with Gasteiger partial charge in [-0.15, -0.1) is 0 Å². The van der Waals surface area contributed by atoms with Crippen molar-refractivity contribution in [3.63, 3.8) is 0 Å². The number of benzene rings is 2. The van der Waals surface area contributed by atoms with Crippen molar-refractivity contribution in [2.24, 2.45) is 0 Å². The molecular weight excluding hydrogens is 378 g/mol. The fraction of sp³-hybridized carbons (Fsp3) is 0.381. The van der Waals surface area contributed by atoms with Gasteiger partial charge in [0, 0.05) is 13.1 Å². The molecule has 1 aliphatic rings. The van der Waals surface area contributed by atoms with Gasteiger partial charge in [0.05, 0.1) is 23.7 Å². The molecule has 0 amide bonds. The van der Waals surface area contributed by atoms with Gasteiger partial charge in [0.15, 0.2) is 0 Å². The number of hydrogen-bond donors (Lipinski definition) is 0. The number of nitrogens with zero attached hydrogens (tertiary/aromatic N) is 1. The van der Waals surface area contributed by atoms with Gasteiger partial charge in [-0.25, -0.2) is 13.2 Å². The Morgan fingerprint density at radius 1 is 1.04 bits per heavy atom. The number of ether oxygens (including phenoxy) is 2. The summed E-state index contributed by atoms with van der Waals surface area (Å²) in [7, 11) is -3.67. The Hall–Kier alpha value is -2.22. The highest BCUT2D eigenvalue weighted by Gasteiger charge is 2.27. The van der Waals surface area contributed by atoms with Crippen molar-refractivity contribution < 1.29 is 22.7 Å². The second-order valence-electron chi connectivity index (χ2n) is 7.00. The predicted molar refractivity (Wildman–Crippen MR) is 106 cm³/mol. The molecule has 2 aromatic rings. The number of carbonyl (C=O) groups excluding carboxylic acids is 1. The SMILES string of the molecule is Cc1ccc(C)c(COC(=O)c2cc(S(=O)(=O)N3CCOCC3)ccc2C)c1. The zero-order valence-corrected chi connectivity index (χ0v) is 17.2. The molecule has 150 valence electrons. The van der Waals surface area contributed by atoms with Crippen LogP contribution in [0.2, 0.25) is 0 Å². The van der Waals surface area contributed by atoms with Crippen LogP contribution in [0.4, 0.5) is 0 Å². The summed E-state index contributed by atoms with van der Waals surface area (Å²) in [5.41, 5.74) is 4.00. The van der Waals surface area contributed by atoms with E-state index in [1.807, 2.05) is 32.0 Å². The first-order valence-electron chi connectivity index (χ1n) is 9.21. The first-order valence-corrected chi connectivity index (χ1v) is 10.6. The molecule has 0 unspecified atom stereocenters. The molecule has 0 aromatic heterocycles. The van der Waals surface area contributed by atoms with E-state index in [0.29, 0.717) is 31.9 Å². The fourth-order valence-electron chi connectivity index (χ4n) is 3.09. The molecule has 0 saturated carbocycles. The van der Waals surface area contributed by atoms with Gasteiger partial charge in [-0.05, 0) is 49.6 Å². The summed E-state index contributed by atoms with van der Waals surface area (Å²) in [6.45, 7) is 7.21. The third kappa shape index (κ3) is 4.43. The maximum Gasteiger partial charge on any atom is 0.338 e. The van der Waals surface area contributed by atoms with Crippen LogP contribution in [-0.4, -0.2) is 45.0 Å². The molecule has 1 heterocycles. The third-order valence-electron chi connectivity index (χ3n) is 4.90. The molecule has 1 fully saturated rings. The summed E-state index contributed by atoms with van der Waals surface area (Å²) < 4.78 is 37.8. The van der Waals surface area contributed by atoms with Gasteiger partial charge < -0.3 is 9.47 Å². The number of morpholine rings is 1. The topological polar surface area (TPSA) is 72.9 Å². The van der Waals surface area contributed by atoms with Gasteiger partial charge in [-0.3, -0.25) is 0 Å². The van der Waals surface area contributed by atoms with E-state index in [1.165, 1.54) is 16.4 Å². The minimum Gasteiger partial charge on any atom is -0.457 e. The van der Waals surface area contributed by atoms with E-state index in [2.05, 4.69) is 0 Å². The summed E-state index contributed by atoms with van der Waals surface area (Å²) in [5, 5.41) is 0. The van der Waals surface area contributed by atoms with Crippen molar-refractivity contribution in [1.82, 2.24) is 4.31 Å². The van der Waals surface area contributed by atoms with Crippen molar-refractivity contribution in [3.05, 3.63) is 64.2 Å². The van der Waals surface area contributed by atoms with E-state index in [0.717, 1.165) is 16.7 Å². The van der Waals surface area contributed by atoms with Gasteiger partial charge in [0.2, 0.25) is 10.0 Å². The monoisotopic (exact) mass is 403 g/mol. The molecule has 0 aliphatic carbocycles. The average molecular weight is 404 g/mol. The highest BCUT2D eigenvalue weighted by Crippen LogP contribution is 2.22. The lowest BCUT2D eigenvalue weighted by Gasteiger charge is -2.26. The molecule has 0 radical (unpaired) electrons. The summed E-state index contributed by atoms with van der Waals surface area (Å²) in [4.78, 5) is 12.7. The number of carbonyl (C=O) groups is 1. The molecule has 1 aliphatic heterocycles.